The fraction of sp³-hybridized carbons (Fsp3) is 0.263. The van der Waals surface area contributed by atoms with E-state index in [1.54, 1.807) is 0 Å². The summed E-state index contributed by atoms with van der Waals surface area (Å²) in [4.78, 5) is 16.3. The largest absolute Gasteiger partial charge is 0.354 e. The molecule has 1 heterocycles. The number of hydrogen-bond acceptors (Lipinski definition) is 4. The van der Waals surface area contributed by atoms with Gasteiger partial charge in [-0.05, 0) is 54.8 Å². The predicted molar refractivity (Wildman–Crippen MR) is 101 cm³/mol. The van der Waals surface area contributed by atoms with Gasteiger partial charge in [0.2, 0.25) is 0 Å². The van der Waals surface area contributed by atoms with Gasteiger partial charge < -0.3 is 10.6 Å². The number of halogens is 2. The zero-order valence-electron chi connectivity index (χ0n) is 13.8. The Bertz CT molecular complexity index is 729. The summed E-state index contributed by atoms with van der Waals surface area (Å²) in [5.74, 6) is 0.547. The SMILES string of the molecule is Cl.O=C(CCCc1ccc(NC2=NCCN2)cc1)c1ccc(F)cc1. The third kappa shape index (κ3) is 5.57. The van der Waals surface area contributed by atoms with Gasteiger partial charge in [-0.2, -0.15) is 0 Å². The topological polar surface area (TPSA) is 53.5 Å². The van der Waals surface area contributed by atoms with E-state index in [4.69, 9.17) is 0 Å². The summed E-state index contributed by atoms with van der Waals surface area (Å²) in [5.41, 5.74) is 2.75. The van der Waals surface area contributed by atoms with E-state index in [2.05, 4.69) is 27.8 Å². The van der Waals surface area contributed by atoms with Crippen LogP contribution in [0.4, 0.5) is 10.1 Å². The molecular weight excluding hydrogens is 341 g/mol. The van der Waals surface area contributed by atoms with Crippen molar-refractivity contribution in [3.05, 3.63) is 65.5 Å². The van der Waals surface area contributed by atoms with Gasteiger partial charge in [0.05, 0.1) is 6.54 Å². The van der Waals surface area contributed by atoms with Gasteiger partial charge in [0.25, 0.3) is 0 Å². The molecule has 0 aliphatic carbocycles. The van der Waals surface area contributed by atoms with E-state index in [9.17, 15) is 9.18 Å². The van der Waals surface area contributed by atoms with Crippen LogP contribution in [0.2, 0.25) is 0 Å². The Hall–Kier alpha value is -2.40. The van der Waals surface area contributed by atoms with Gasteiger partial charge in [0.15, 0.2) is 11.7 Å². The summed E-state index contributed by atoms with van der Waals surface area (Å²) in [6.07, 6.45) is 2.08. The Balaban J connectivity index is 0.00000225. The minimum Gasteiger partial charge on any atom is -0.354 e. The third-order valence-electron chi connectivity index (χ3n) is 3.93. The minimum atomic E-state index is -0.320. The number of rotatable bonds is 6. The first-order valence-corrected chi connectivity index (χ1v) is 8.14. The molecule has 132 valence electrons. The van der Waals surface area contributed by atoms with Crippen LogP contribution in [0, 0.1) is 5.82 Å². The van der Waals surface area contributed by atoms with Gasteiger partial charge in [-0.3, -0.25) is 9.79 Å². The van der Waals surface area contributed by atoms with Crippen LogP contribution in [0.5, 0.6) is 0 Å². The number of carbonyl (C=O) groups is 1. The molecule has 0 fully saturated rings. The third-order valence-corrected chi connectivity index (χ3v) is 3.93. The maximum Gasteiger partial charge on any atom is 0.195 e. The number of anilines is 1. The molecule has 0 amide bonds. The molecule has 0 radical (unpaired) electrons. The Morgan fingerprint density at radius 3 is 2.48 bits per heavy atom. The van der Waals surface area contributed by atoms with Crippen LogP contribution < -0.4 is 10.6 Å². The van der Waals surface area contributed by atoms with Crippen LogP contribution >= 0.6 is 12.4 Å². The molecule has 2 N–H and O–H groups in total. The number of aliphatic imine (C=N–C) groups is 1. The van der Waals surface area contributed by atoms with Gasteiger partial charge in [-0.1, -0.05) is 12.1 Å². The van der Waals surface area contributed by atoms with Crippen molar-refractivity contribution < 1.29 is 9.18 Å². The molecule has 0 saturated heterocycles. The van der Waals surface area contributed by atoms with Gasteiger partial charge in [-0.25, -0.2) is 4.39 Å². The summed E-state index contributed by atoms with van der Waals surface area (Å²) in [6, 6.07) is 13.9. The summed E-state index contributed by atoms with van der Waals surface area (Å²) in [5, 5.41) is 6.39. The lowest BCUT2D eigenvalue weighted by Crippen LogP contribution is -2.26. The molecule has 0 spiro atoms. The molecule has 2 aromatic rings. The van der Waals surface area contributed by atoms with Crippen molar-refractivity contribution >= 4 is 29.8 Å². The lowest BCUT2D eigenvalue weighted by molar-refractivity contribution is 0.0980. The van der Waals surface area contributed by atoms with Crippen molar-refractivity contribution in [2.24, 2.45) is 4.99 Å². The highest BCUT2D eigenvalue weighted by Gasteiger charge is 2.07. The van der Waals surface area contributed by atoms with Crippen LogP contribution in [-0.4, -0.2) is 24.8 Å². The number of Topliss-reactive ketones (excluding diaryl/α,β-unsaturated/α-hetero) is 1. The van der Waals surface area contributed by atoms with Crippen LogP contribution in [0.15, 0.2) is 53.5 Å². The molecule has 25 heavy (non-hydrogen) atoms. The van der Waals surface area contributed by atoms with Crippen LogP contribution in [0.3, 0.4) is 0 Å². The molecule has 0 saturated carbocycles. The molecular formula is C19H21ClFN3O. The molecule has 0 aromatic heterocycles. The Kier molecular flexibility index (Phi) is 6.95. The van der Waals surface area contributed by atoms with E-state index in [0.717, 1.165) is 37.6 Å². The zero-order chi connectivity index (χ0) is 16.8. The van der Waals surface area contributed by atoms with Crippen molar-refractivity contribution in [2.45, 2.75) is 19.3 Å². The second kappa shape index (κ2) is 9.18. The van der Waals surface area contributed by atoms with E-state index >= 15 is 0 Å². The maximum atomic E-state index is 12.9. The molecule has 6 heteroatoms. The smallest absolute Gasteiger partial charge is 0.195 e. The first kappa shape index (κ1) is 18.9. The highest BCUT2D eigenvalue weighted by molar-refractivity contribution is 5.96. The number of carbonyl (C=O) groups excluding carboxylic acids is 1. The fourth-order valence-corrected chi connectivity index (χ4v) is 2.61. The number of benzene rings is 2. The van der Waals surface area contributed by atoms with Crippen molar-refractivity contribution in [1.82, 2.24) is 5.32 Å². The molecule has 1 aliphatic heterocycles. The quantitative estimate of drug-likeness (QED) is 0.769. The van der Waals surface area contributed by atoms with E-state index in [1.807, 2.05) is 12.1 Å². The summed E-state index contributed by atoms with van der Waals surface area (Å²) >= 11 is 0. The molecule has 0 bridgehead atoms. The second-order valence-corrected chi connectivity index (χ2v) is 5.76. The van der Waals surface area contributed by atoms with Crippen molar-refractivity contribution in [3.8, 4) is 0 Å². The molecule has 2 aromatic carbocycles. The Labute approximate surface area is 153 Å². The van der Waals surface area contributed by atoms with Gasteiger partial charge in [-0.15, -0.1) is 12.4 Å². The van der Waals surface area contributed by atoms with Gasteiger partial charge >= 0.3 is 0 Å². The number of hydrogen-bond donors (Lipinski definition) is 2. The van der Waals surface area contributed by atoms with Crippen molar-refractivity contribution in [1.29, 1.82) is 0 Å². The monoisotopic (exact) mass is 361 g/mol. The standard InChI is InChI=1S/C19H20FN3O.ClH/c20-16-8-6-15(7-9-16)18(24)3-1-2-14-4-10-17(11-5-14)23-19-21-12-13-22-19;/h4-11H,1-3,12-13H2,(H2,21,22,23);1H. The molecule has 0 unspecified atom stereocenters. The molecule has 4 nitrogen and oxygen atoms in total. The molecule has 1 aliphatic rings. The highest BCUT2D eigenvalue weighted by Crippen LogP contribution is 2.14. The first-order valence-electron chi connectivity index (χ1n) is 8.14. The predicted octanol–water partition coefficient (Wildman–Crippen LogP) is 3.82. The lowest BCUT2D eigenvalue weighted by atomic mass is 10.0. The van der Waals surface area contributed by atoms with Gasteiger partial charge in [0.1, 0.15) is 5.82 Å². The van der Waals surface area contributed by atoms with E-state index in [1.165, 1.54) is 29.8 Å². The highest BCUT2D eigenvalue weighted by atomic mass is 35.5. The van der Waals surface area contributed by atoms with Crippen molar-refractivity contribution in [3.63, 3.8) is 0 Å². The number of guanidine groups is 1. The van der Waals surface area contributed by atoms with E-state index < -0.39 is 0 Å². The average Bonchev–Trinajstić information content (AvgIpc) is 3.10. The number of nitrogens with one attached hydrogen (secondary N) is 2. The lowest BCUT2D eigenvalue weighted by Gasteiger charge is -2.07. The number of aryl methyl sites for hydroxylation is 1. The number of ketones is 1. The molecule has 0 atom stereocenters. The Morgan fingerprint density at radius 1 is 1.12 bits per heavy atom. The Morgan fingerprint density at radius 2 is 1.84 bits per heavy atom. The zero-order valence-corrected chi connectivity index (χ0v) is 14.6. The van der Waals surface area contributed by atoms with Crippen molar-refractivity contribution in [2.75, 3.05) is 18.4 Å². The summed E-state index contributed by atoms with van der Waals surface area (Å²) in [6.45, 7) is 1.69. The van der Waals surface area contributed by atoms with E-state index in [-0.39, 0.29) is 24.0 Å². The first-order chi connectivity index (χ1) is 11.7. The number of nitrogens with zero attached hydrogens (tertiary/aromatic N) is 1. The maximum absolute atomic E-state index is 12.9. The van der Waals surface area contributed by atoms with Gasteiger partial charge in [0, 0.05) is 24.2 Å². The minimum absolute atomic E-state index is 0. The van der Waals surface area contributed by atoms with E-state index in [0.29, 0.717) is 12.0 Å². The second-order valence-electron chi connectivity index (χ2n) is 5.76. The fourth-order valence-electron chi connectivity index (χ4n) is 2.61. The molecule has 3 rings (SSSR count). The van der Waals surface area contributed by atoms with Crippen LogP contribution in [0.1, 0.15) is 28.8 Å². The van der Waals surface area contributed by atoms with Crippen LogP contribution in [-0.2, 0) is 6.42 Å². The van der Waals surface area contributed by atoms with Crippen LogP contribution in [0.25, 0.3) is 0 Å². The summed E-state index contributed by atoms with van der Waals surface area (Å²) in [7, 11) is 0. The normalized spacial score (nSPS) is 12.8. The average molecular weight is 362 g/mol. The summed E-state index contributed by atoms with van der Waals surface area (Å²) < 4.78 is 12.9.